The summed E-state index contributed by atoms with van der Waals surface area (Å²) >= 11 is 0. The Hall–Kier alpha value is -2.58. The summed E-state index contributed by atoms with van der Waals surface area (Å²) in [7, 11) is 5.89. The monoisotopic (exact) mass is 386 g/mol. The van der Waals surface area contributed by atoms with E-state index in [-0.39, 0.29) is 18.1 Å². The van der Waals surface area contributed by atoms with Crippen LogP contribution >= 0.6 is 0 Å². The summed E-state index contributed by atoms with van der Waals surface area (Å²) in [5.41, 5.74) is 1.56. The first-order chi connectivity index (χ1) is 13.5. The fourth-order valence-corrected chi connectivity index (χ4v) is 3.80. The molecule has 0 aliphatic carbocycles. The van der Waals surface area contributed by atoms with Gasteiger partial charge in [0.05, 0.1) is 24.9 Å². The number of aryl methyl sites for hydroxylation is 1. The van der Waals surface area contributed by atoms with Crippen LogP contribution in [0, 0.1) is 0 Å². The van der Waals surface area contributed by atoms with Crippen LogP contribution in [0.4, 0.5) is 0 Å². The number of carbonyl (C=O) groups is 1. The van der Waals surface area contributed by atoms with E-state index in [0.29, 0.717) is 50.0 Å². The Kier molecular flexibility index (Phi) is 5.23. The van der Waals surface area contributed by atoms with Crippen molar-refractivity contribution in [3.05, 3.63) is 41.7 Å². The van der Waals surface area contributed by atoms with Crippen LogP contribution in [0.1, 0.15) is 22.0 Å². The largest absolute Gasteiger partial charge is 0.486 e. The summed E-state index contributed by atoms with van der Waals surface area (Å²) in [6.07, 6.45) is 3.63. The van der Waals surface area contributed by atoms with Crippen molar-refractivity contribution in [3.63, 3.8) is 0 Å². The van der Waals surface area contributed by atoms with Crippen LogP contribution in [0.3, 0.4) is 0 Å². The Labute approximate surface area is 164 Å². The second kappa shape index (κ2) is 7.81. The minimum Gasteiger partial charge on any atom is -0.486 e. The van der Waals surface area contributed by atoms with E-state index >= 15 is 0 Å². The molecule has 0 saturated carbocycles. The summed E-state index contributed by atoms with van der Waals surface area (Å²) in [5, 5.41) is 4.30. The molecular weight excluding hydrogens is 360 g/mol. The fraction of sp³-hybridized carbons (Fsp3) is 0.500. The molecule has 1 amide bonds. The third-order valence-corrected chi connectivity index (χ3v) is 5.01. The second-order valence-electron chi connectivity index (χ2n) is 7.42. The second-order valence-corrected chi connectivity index (χ2v) is 7.42. The highest BCUT2D eigenvalue weighted by molar-refractivity contribution is 5.95. The predicted octanol–water partition coefficient (Wildman–Crippen LogP) is 1.34. The van der Waals surface area contributed by atoms with Crippen molar-refractivity contribution in [3.8, 4) is 11.5 Å². The summed E-state index contributed by atoms with van der Waals surface area (Å²) in [6.45, 7) is 2.76. The zero-order chi connectivity index (χ0) is 19.7. The number of carbonyl (C=O) groups excluding carboxylic acids is 1. The first kappa shape index (κ1) is 18.8. The van der Waals surface area contributed by atoms with E-state index in [2.05, 4.69) is 10.00 Å². The number of amides is 1. The molecular formula is C20H26N4O4. The molecule has 150 valence electrons. The van der Waals surface area contributed by atoms with E-state index in [1.165, 1.54) is 0 Å². The SMILES string of the molecule is CN(C)C[C@@H]1OCCN(C(=O)c2ccc3c(c2)OCCO3)[C@H]1c1cnn(C)c1. The van der Waals surface area contributed by atoms with Crippen LogP contribution in [0.5, 0.6) is 11.5 Å². The van der Waals surface area contributed by atoms with Crippen molar-refractivity contribution < 1.29 is 19.0 Å². The van der Waals surface area contributed by atoms with E-state index in [9.17, 15) is 4.79 Å². The molecule has 1 saturated heterocycles. The predicted molar refractivity (Wildman–Crippen MR) is 103 cm³/mol. The van der Waals surface area contributed by atoms with Gasteiger partial charge in [0.25, 0.3) is 5.91 Å². The number of aromatic nitrogens is 2. The van der Waals surface area contributed by atoms with Gasteiger partial charge in [0.1, 0.15) is 13.2 Å². The standard InChI is InChI=1S/C20H26N4O4/c1-22(2)13-18-19(15-11-21-23(3)12-15)24(6-7-26-18)20(25)14-4-5-16-17(10-14)28-9-8-27-16/h4-5,10-12,18-19H,6-9,13H2,1-3H3/t18-,19-/m0/s1. The van der Waals surface area contributed by atoms with E-state index in [4.69, 9.17) is 14.2 Å². The molecule has 8 heteroatoms. The number of ether oxygens (including phenoxy) is 3. The zero-order valence-electron chi connectivity index (χ0n) is 16.5. The first-order valence-electron chi connectivity index (χ1n) is 9.48. The maximum absolute atomic E-state index is 13.4. The third-order valence-electron chi connectivity index (χ3n) is 5.01. The van der Waals surface area contributed by atoms with E-state index < -0.39 is 0 Å². The highest BCUT2D eigenvalue weighted by Crippen LogP contribution is 2.34. The normalized spacial score (nSPS) is 21.8. The summed E-state index contributed by atoms with van der Waals surface area (Å²) in [4.78, 5) is 17.4. The molecule has 1 fully saturated rings. The Morgan fingerprint density at radius 1 is 1.21 bits per heavy atom. The van der Waals surface area contributed by atoms with Gasteiger partial charge in [-0.1, -0.05) is 0 Å². The van der Waals surface area contributed by atoms with Crippen molar-refractivity contribution in [1.29, 1.82) is 0 Å². The molecule has 2 aliphatic rings. The molecule has 0 N–H and O–H groups in total. The van der Waals surface area contributed by atoms with Gasteiger partial charge < -0.3 is 24.0 Å². The average Bonchev–Trinajstić information content (AvgIpc) is 3.12. The molecule has 2 aromatic rings. The number of fused-ring (bicyclic) bond motifs is 1. The molecule has 0 spiro atoms. The van der Waals surface area contributed by atoms with Gasteiger partial charge in [-0.2, -0.15) is 5.10 Å². The number of nitrogens with zero attached hydrogens (tertiary/aromatic N) is 4. The van der Waals surface area contributed by atoms with Crippen molar-refractivity contribution in [2.75, 3.05) is 47.0 Å². The maximum Gasteiger partial charge on any atom is 0.254 e. The molecule has 0 unspecified atom stereocenters. The molecule has 0 radical (unpaired) electrons. The Balaban J connectivity index is 1.66. The molecule has 28 heavy (non-hydrogen) atoms. The van der Waals surface area contributed by atoms with Gasteiger partial charge in [-0.05, 0) is 32.3 Å². The quantitative estimate of drug-likeness (QED) is 0.790. The summed E-state index contributed by atoms with van der Waals surface area (Å²) < 4.78 is 19.0. The smallest absolute Gasteiger partial charge is 0.254 e. The molecule has 1 aromatic heterocycles. The zero-order valence-corrected chi connectivity index (χ0v) is 16.5. The number of morpholine rings is 1. The minimum absolute atomic E-state index is 0.0436. The Morgan fingerprint density at radius 3 is 2.71 bits per heavy atom. The summed E-state index contributed by atoms with van der Waals surface area (Å²) in [5.74, 6) is 1.25. The van der Waals surface area contributed by atoms with Crippen LogP contribution in [-0.2, 0) is 11.8 Å². The number of benzene rings is 1. The maximum atomic E-state index is 13.4. The van der Waals surface area contributed by atoms with Gasteiger partial charge in [-0.25, -0.2) is 0 Å². The molecule has 2 aliphatic heterocycles. The van der Waals surface area contributed by atoms with Crippen LogP contribution in [0.2, 0.25) is 0 Å². The Morgan fingerprint density at radius 2 is 2.00 bits per heavy atom. The van der Waals surface area contributed by atoms with Crippen LogP contribution < -0.4 is 9.47 Å². The van der Waals surface area contributed by atoms with Crippen LogP contribution in [0.25, 0.3) is 0 Å². The lowest BCUT2D eigenvalue weighted by Crippen LogP contribution is -2.51. The van der Waals surface area contributed by atoms with Crippen molar-refractivity contribution in [2.24, 2.45) is 7.05 Å². The number of hydrogen-bond acceptors (Lipinski definition) is 6. The molecule has 1 aromatic carbocycles. The molecule has 3 heterocycles. The average molecular weight is 386 g/mol. The van der Waals surface area contributed by atoms with Crippen molar-refractivity contribution in [1.82, 2.24) is 19.6 Å². The highest BCUT2D eigenvalue weighted by atomic mass is 16.6. The lowest BCUT2D eigenvalue weighted by molar-refractivity contribution is -0.0684. The number of likely N-dealkylation sites (N-methyl/N-ethyl adjacent to an activating group) is 1. The van der Waals surface area contributed by atoms with E-state index in [1.54, 1.807) is 22.9 Å². The lowest BCUT2D eigenvalue weighted by Gasteiger charge is -2.42. The lowest BCUT2D eigenvalue weighted by atomic mass is 9.99. The molecule has 2 atom stereocenters. The highest BCUT2D eigenvalue weighted by Gasteiger charge is 2.38. The van der Waals surface area contributed by atoms with Gasteiger partial charge in [-0.3, -0.25) is 9.48 Å². The topological polar surface area (TPSA) is 69.1 Å². The molecule has 0 bridgehead atoms. The van der Waals surface area contributed by atoms with Crippen LogP contribution in [0.15, 0.2) is 30.6 Å². The van der Waals surface area contributed by atoms with Gasteiger partial charge in [0, 0.05) is 37.5 Å². The number of hydrogen-bond donors (Lipinski definition) is 0. The van der Waals surface area contributed by atoms with Gasteiger partial charge >= 0.3 is 0 Å². The number of rotatable bonds is 4. The first-order valence-corrected chi connectivity index (χ1v) is 9.48. The van der Waals surface area contributed by atoms with Crippen molar-refractivity contribution >= 4 is 5.91 Å². The summed E-state index contributed by atoms with van der Waals surface area (Å²) in [6, 6.07) is 5.17. The molecule has 8 nitrogen and oxygen atoms in total. The van der Waals surface area contributed by atoms with E-state index in [0.717, 1.165) is 5.56 Å². The van der Waals surface area contributed by atoms with Gasteiger partial charge in [0.2, 0.25) is 0 Å². The third kappa shape index (κ3) is 3.70. The van der Waals surface area contributed by atoms with Crippen molar-refractivity contribution in [2.45, 2.75) is 12.1 Å². The van der Waals surface area contributed by atoms with E-state index in [1.807, 2.05) is 38.4 Å². The van der Waals surface area contributed by atoms with Gasteiger partial charge in [-0.15, -0.1) is 0 Å². The van der Waals surface area contributed by atoms with Crippen LogP contribution in [-0.4, -0.2) is 78.6 Å². The molecule has 4 rings (SSSR count). The van der Waals surface area contributed by atoms with Gasteiger partial charge in [0.15, 0.2) is 11.5 Å². The fourth-order valence-electron chi connectivity index (χ4n) is 3.80. The Bertz CT molecular complexity index is 850. The minimum atomic E-state index is -0.203.